The molecule has 0 radical (unpaired) electrons. The normalized spacial score (nSPS) is 11.4. The summed E-state index contributed by atoms with van der Waals surface area (Å²) in [5, 5.41) is 22.2. The molecule has 0 aliphatic heterocycles. The van der Waals surface area contributed by atoms with Crippen molar-refractivity contribution in [1.82, 2.24) is 5.32 Å². The molecule has 0 heterocycles. The summed E-state index contributed by atoms with van der Waals surface area (Å²) in [4.78, 5) is 47.1. The molecular formula is C21H27N3O10. The lowest BCUT2D eigenvalue weighted by Crippen LogP contribution is -2.44. The molecule has 34 heavy (non-hydrogen) atoms. The minimum Gasteiger partial charge on any atom is -0.493 e. The lowest BCUT2D eigenvalue weighted by Gasteiger charge is -2.22. The van der Waals surface area contributed by atoms with E-state index in [1.165, 1.54) is 20.3 Å². The molecule has 0 aliphatic rings. The smallest absolute Gasteiger partial charge is 0.408 e. The highest BCUT2D eigenvalue weighted by molar-refractivity contribution is 5.82. The van der Waals surface area contributed by atoms with Crippen LogP contribution in [0.25, 0.3) is 0 Å². The van der Waals surface area contributed by atoms with Crippen molar-refractivity contribution in [3.8, 4) is 17.6 Å². The minimum absolute atomic E-state index is 0.0628. The number of amides is 1. The topological polar surface area (TPSA) is 176 Å². The molecule has 1 N–H and O–H groups in total. The highest BCUT2D eigenvalue weighted by Crippen LogP contribution is 2.34. The third-order valence-corrected chi connectivity index (χ3v) is 4.06. The van der Waals surface area contributed by atoms with Gasteiger partial charge >= 0.3 is 18.0 Å². The number of esters is 2. The monoisotopic (exact) mass is 481 g/mol. The Morgan fingerprint density at radius 3 is 2.29 bits per heavy atom. The van der Waals surface area contributed by atoms with Crippen molar-refractivity contribution in [2.75, 3.05) is 20.8 Å². The lowest BCUT2D eigenvalue weighted by atomic mass is 10.1. The first kappa shape index (κ1) is 28.0. The number of nitro benzene ring substituents is 1. The summed E-state index contributed by atoms with van der Waals surface area (Å²) in [5.74, 6) is -1.39. The summed E-state index contributed by atoms with van der Waals surface area (Å²) in [6.07, 6.45) is -1.49. The number of hydrogen-bond acceptors (Lipinski definition) is 11. The highest BCUT2D eigenvalue weighted by atomic mass is 16.6. The molecule has 0 aliphatic carbocycles. The van der Waals surface area contributed by atoms with E-state index < -0.39 is 47.8 Å². The van der Waals surface area contributed by atoms with Crippen LogP contribution in [0.4, 0.5) is 10.5 Å². The van der Waals surface area contributed by atoms with E-state index in [1.54, 1.807) is 26.8 Å². The van der Waals surface area contributed by atoms with Crippen LogP contribution in [-0.2, 0) is 30.4 Å². The van der Waals surface area contributed by atoms with Gasteiger partial charge in [-0.25, -0.2) is 9.59 Å². The van der Waals surface area contributed by atoms with Gasteiger partial charge in [0, 0.05) is 6.42 Å². The van der Waals surface area contributed by atoms with E-state index in [-0.39, 0.29) is 35.6 Å². The molecule has 1 aromatic carbocycles. The fraction of sp³-hybridized carbons (Fsp3) is 0.524. The van der Waals surface area contributed by atoms with Crippen LogP contribution in [0.5, 0.6) is 11.5 Å². The molecular weight excluding hydrogens is 454 g/mol. The second kappa shape index (κ2) is 12.8. The first-order valence-electron chi connectivity index (χ1n) is 9.99. The molecule has 0 aromatic heterocycles. The van der Waals surface area contributed by atoms with Crippen molar-refractivity contribution in [1.29, 1.82) is 5.26 Å². The van der Waals surface area contributed by atoms with Crippen LogP contribution in [-0.4, -0.2) is 55.4 Å². The lowest BCUT2D eigenvalue weighted by molar-refractivity contribution is -0.385. The summed E-state index contributed by atoms with van der Waals surface area (Å²) in [6, 6.07) is 2.80. The fourth-order valence-electron chi connectivity index (χ4n) is 2.59. The van der Waals surface area contributed by atoms with Crippen molar-refractivity contribution in [3.05, 3.63) is 27.8 Å². The molecule has 1 aromatic rings. The molecule has 1 amide bonds. The molecule has 0 spiro atoms. The molecule has 0 saturated carbocycles. The average molecular weight is 481 g/mol. The van der Waals surface area contributed by atoms with Crippen molar-refractivity contribution in [2.24, 2.45) is 0 Å². The van der Waals surface area contributed by atoms with Gasteiger partial charge in [-0.15, -0.1) is 0 Å². The SMILES string of the molecule is COc1cc(COC(=O)CCC(NC(=O)OC(C)(C)C)C(=O)OCC#N)c([N+](=O)[O-])cc1OC. The molecule has 1 rings (SSSR count). The number of alkyl carbamates (subject to hydrolysis) is 1. The first-order valence-corrected chi connectivity index (χ1v) is 9.99. The number of methoxy groups -OCH3 is 2. The largest absolute Gasteiger partial charge is 0.493 e. The van der Waals surface area contributed by atoms with Crippen molar-refractivity contribution in [2.45, 2.75) is 51.9 Å². The number of nitro groups is 1. The van der Waals surface area contributed by atoms with E-state index >= 15 is 0 Å². The Labute approximate surface area is 196 Å². The van der Waals surface area contributed by atoms with E-state index in [9.17, 15) is 24.5 Å². The van der Waals surface area contributed by atoms with Gasteiger partial charge in [0.25, 0.3) is 5.69 Å². The van der Waals surface area contributed by atoms with Gasteiger partial charge in [0.15, 0.2) is 18.1 Å². The predicted molar refractivity (Wildman–Crippen MR) is 115 cm³/mol. The highest BCUT2D eigenvalue weighted by Gasteiger charge is 2.27. The van der Waals surface area contributed by atoms with E-state index in [4.69, 9.17) is 28.9 Å². The Morgan fingerprint density at radius 2 is 1.76 bits per heavy atom. The van der Waals surface area contributed by atoms with Gasteiger partial charge in [-0.3, -0.25) is 14.9 Å². The summed E-state index contributed by atoms with van der Waals surface area (Å²) in [6.45, 7) is 3.89. The quantitative estimate of drug-likeness (QED) is 0.212. The maximum absolute atomic E-state index is 12.2. The van der Waals surface area contributed by atoms with Crippen LogP contribution in [0, 0.1) is 21.4 Å². The number of benzene rings is 1. The number of rotatable bonds is 11. The van der Waals surface area contributed by atoms with Crippen molar-refractivity contribution >= 4 is 23.7 Å². The second-order valence-electron chi connectivity index (χ2n) is 7.76. The van der Waals surface area contributed by atoms with Gasteiger partial charge in [0.2, 0.25) is 0 Å². The van der Waals surface area contributed by atoms with Crippen molar-refractivity contribution in [3.63, 3.8) is 0 Å². The molecule has 13 heteroatoms. The van der Waals surface area contributed by atoms with Crippen LogP contribution in [0.1, 0.15) is 39.2 Å². The van der Waals surface area contributed by atoms with Crippen LogP contribution in [0.15, 0.2) is 12.1 Å². The second-order valence-corrected chi connectivity index (χ2v) is 7.76. The summed E-state index contributed by atoms with van der Waals surface area (Å²) in [5.41, 5.74) is -1.11. The fourth-order valence-corrected chi connectivity index (χ4v) is 2.59. The molecule has 0 fully saturated rings. The van der Waals surface area contributed by atoms with Gasteiger partial charge < -0.3 is 29.0 Å². The Morgan fingerprint density at radius 1 is 1.15 bits per heavy atom. The summed E-state index contributed by atoms with van der Waals surface area (Å²) < 4.78 is 25.1. The summed E-state index contributed by atoms with van der Waals surface area (Å²) in [7, 11) is 2.67. The zero-order chi connectivity index (χ0) is 25.9. The number of hydrogen-bond donors (Lipinski definition) is 1. The van der Waals surface area contributed by atoms with E-state index in [0.717, 1.165) is 6.07 Å². The molecule has 0 bridgehead atoms. The number of carbonyl (C=O) groups excluding carboxylic acids is 3. The zero-order valence-corrected chi connectivity index (χ0v) is 19.5. The van der Waals surface area contributed by atoms with Crippen LogP contribution in [0.2, 0.25) is 0 Å². The maximum atomic E-state index is 12.2. The number of carbonyl (C=O) groups is 3. The van der Waals surface area contributed by atoms with E-state index in [1.807, 2.05) is 0 Å². The Kier molecular flexibility index (Phi) is 10.5. The molecule has 1 unspecified atom stereocenters. The maximum Gasteiger partial charge on any atom is 0.408 e. The van der Waals surface area contributed by atoms with Crippen molar-refractivity contribution < 1.29 is 43.0 Å². The van der Waals surface area contributed by atoms with Crippen LogP contribution in [0.3, 0.4) is 0 Å². The third kappa shape index (κ3) is 9.19. The molecule has 1 atom stereocenters. The van der Waals surface area contributed by atoms with E-state index in [0.29, 0.717) is 0 Å². The average Bonchev–Trinajstić information content (AvgIpc) is 2.76. The van der Waals surface area contributed by atoms with Gasteiger partial charge in [-0.1, -0.05) is 0 Å². The molecule has 13 nitrogen and oxygen atoms in total. The number of ether oxygens (including phenoxy) is 5. The van der Waals surface area contributed by atoms with Gasteiger partial charge in [-0.05, 0) is 33.3 Å². The number of nitrogens with zero attached hydrogens (tertiary/aromatic N) is 2. The number of nitriles is 1. The zero-order valence-electron chi connectivity index (χ0n) is 19.5. The predicted octanol–water partition coefficient (Wildman–Crippen LogP) is 2.40. The number of nitrogens with one attached hydrogen (secondary N) is 1. The molecule has 186 valence electrons. The van der Waals surface area contributed by atoms with Crippen LogP contribution >= 0.6 is 0 Å². The first-order chi connectivity index (χ1) is 15.9. The van der Waals surface area contributed by atoms with E-state index in [2.05, 4.69) is 5.32 Å². The standard InChI is InChI=1S/C21H27N3O10/c1-21(2,3)34-20(27)23-14(19(26)32-9-8-22)6-7-18(25)33-12-13-10-16(30-4)17(31-5)11-15(13)24(28)29/h10-11,14H,6-7,9,12H2,1-5H3,(H,23,27). The Bertz CT molecular complexity index is 949. The Hall–Kier alpha value is -4.08. The molecule has 0 saturated heterocycles. The van der Waals surface area contributed by atoms with Gasteiger partial charge in [0.05, 0.1) is 30.8 Å². The minimum atomic E-state index is -1.29. The van der Waals surface area contributed by atoms with Gasteiger partial charge in [-0.2, -0.15) is 5.26 Å². The van der Waals surface area contributed by atoms with Crippen LogP contribution < -0.4 is 14.8 Å². The Balaban J connectivity index is 2.84. The third-order valence-electron chi connectivity index (χ3n) is 4.06. The summed E-state index contributed by atoms with van der Waals surface area (Å²) >= 11 is 0. The van der Waals surface area contributed by atoms with Gasteiger partial charge in [0.1, 0.15) is 24.3 Å².